The van der Waals surface area contributed by atoms with Crippen LogP contribution in [0.2, 0.25) is 0 Å². The molecule has 26 heavy (non-hydrogen) atoms. The van der Waals surface area contributed by atoms with Gasteiger partial charge in [0, 0.05) is 12.5 Å². The van der Waals surface area contributed by atoms with Crippen molar-refractivity contribution in [2.75, 3.05) is 11.9 Å². The zero-order valence-corrected chi connectivity index (χ0v) is 15.0. The number of anilines is 1. The van der Waals surface area contributed by atoms with Gasteiger partial charge in [-0.3, -0.25) is 9.59 Å². The number of hydrogen-bond acceptors (Lipinski definition) is 2. The van der Waals surface area contributed by atoms with E-state index in [1.807, 2.05) is 0 Å². The summed E-state index contributed by atoms with van der Waals surface area (Å²) in [5.41, 5.74) is 3.44. The number of amides is 2. The maximum absolute atomic E-state index is 13.8. The van der Waals surface area contributed by atoms with Crippen molar-refractivity contribution in [3.05, 3.63) is 65.0 Å². The Morgan fingerprint density at radius 3 is 2.42 bits per heavy atom. The summed E-state index contributed by atoms with van der Waals surface area (Å²) in [5.74, 6) is -2.44. The number of carbonyl (C=O) groups is 2. The minimum absolute atomic E-state index is 0.0903. The molecule has 0 aromatic heterocycles. The standard InChI is InChI=1S/C21H23FN2O2/c1-3-13-9-14(4-2)11-15(10-13)16-12-23-20(25)19(16)21(26)24-18-8-6-5-7-17(18)22/h5-11,16,19H,3-4,12H2,1-2H3,(H,23,25)(H,24,26)/t16-,19-/m1/s1. The maximum Gasteiger partial charge on any atom is 0.237 e. The Labute approximate surface area is 152 Å². The van der Waals surface area contributed by atoms with Gasteiger partial charge in [0.05, 0.1) is 5.69 Å². The molecule has 3 rings (SSSR count). The molecule has 136 valence electrons. The molecule has 0 spiro atoms. The number of hydrogen-bond donors (Lipinski definition) is 2. The number of benzene rings is 2. The molecule has 2 aromatic rings. The average molecular weight is 354 g/mol. The first-order valence-corrected chi connectivity index (χ1v) is 8.99. The van der Waals surface area contributed by atoms with E-state index in [1.165, 1.54) is 23.3 Å². The second-order valence-corrected chi connectivity index (χ2v) is 6.59. The molecule has 0 bridgehead atoms. The van der Waals surface area contributed by atoms with Crippen LogP contribution in [0, 0.1) is 11.7 Å². The Morgan fingerprint density at radius 2 is 1.81 bits per heavy atom. The van der Waals surface area contributed by atoms with Gasteiger partial charge in [-0.2, -0.15) is 0 Å². The number of halogens is 1. The summed E-state index contributed by atoms with van der Waals surface area (Å²) in [6, 6.07) is 12.2. The average Bonchev–Trinajstić information content (AvgIpc) is 3.04. The van der Waals surface area contributed by atoms with E-state index in [2.05, 4.69) is 42.7 Å². The Kier molecular flexibility index (Phi) is 5.35. The second kappa shape index (κ2) is 7.68. The van der Waals surface area contributed by atoms with Crippen molar-refractivity contribution >= 4 is 17.5 Å². The summed E-state index contributed by atoms with van der Waals surface area (Å²) < 4.78 is 13.8. The van der Waals surface area contributed by atoms with E-state index in [0.29, 0.717) is 6.54 Å². The molecular weight excluding hydrogens is 331 g/mol. The van der Waals surface area contributed by atoms with Crippen molar-refractivity contribution in [2.45, 2.75) is 32.6 Å². The molecule has 2 N–H and O–H groups in total. The Hall–Kier alpha value is -2.69. The highest BCUT2D eigenvalue weighted by Gasteiger charge is 2.41. The van der Waals surface area contributed by atoms with Crippen LogP contribution in [-0.4, -0.2) is 18.4 Å². The fraction of sp³-hybridized carbons (Fsp3) is 0.333. The lowest BCUT2D eigenvalue weighted by Crippen LogP contribution is -2.32. The molecule has 1 saturated heterocycles. The summed E-state index contributed by atoms with van der Waals surface area (Å²) in [7, 11) is 0. The van der Waals surface area contributed by atoms with Crippen LogP contribution in [-0.2, 0) is 22.4 Å². The molecule has 2 aromatic carbocycles. The molecule has 5 heteroatoms. The SMILES string of the molecule is CCc1cc(CC)cc([C@H]2CNC(=O)[C@@H]2C(=O)Nc2ccccc2F)c1. The van der Waals surface area contributed by atoms with Gasteiger partial charge in [-0.25, -0.2) is 4.39 Å². The fourth-order valence-corrected chi connectivity index (χ4v) is 3.42. The molecule has 0 unspecified atom stereocenters. The van der Waals surface area contributed by atoms with E-state index in [9.17, 15) is 14.0 Å². The van der Waals surface area contributed by atoms with Gasteiger partial charge >= 0.3 is 0 Å². The Morgan fingerprint density at radius 1 is 1.15 bits per heavy atom. The Balaban J connectivity index is 1.89. The van der Waals surface area contributed by atoms with E-state index in [0.717, 1.165) is 18.4 Å². The molecule has 1 heterocycles. The van der Waals surface area contributed by atoms with Crippen LogP contribution >= 0.6 is 0 Å². The summed E-state index contributed by atoms with van der Waals surface area (Å²) in [6.45, 7) is 4.57. The van der Waals surface area contributed by atoms with Crippen molar-refractivity contribution in [3.8, 4) is 0 Å². The predicted octanol–water partition coefficient (Wildman–Crippen LogP) is 3.42. The van der Waals surface area contributed by atoms with Gasteiger partial charge < -0.3 is 10.6 Å². The number of carbonyl (C=O) groups excluding carboxylic acids is 2. The van der Waals surface area contributed by atoms with Crippen molar-refractivity contribution in [1.29, 1.82) is 0 Å². The molecule has 1 aliphatic rings. The highest BCUT2D eigenvalue weighted by atomic mass is 19.1. The number of para-hydroxylation sites is 1. The van der Waals surface area contributed by atoms with E-state index in [1.54, 1.807) is 12.1 Å². The molecule has 1 aliphatic heterocycles. The lowest BCUT2D eigenvalue weighted by molar-refractivity contribution is -0.130. The molecule has 2 atom stereocenters. The molecule has 0 radical (unpaired) electrons. The summed E-state index contributed by atoms with van der Waals surface area (Å²) in [4.78, 5) is 25.0. The van der Waals surface area contributed by atoms with Crippen molar-refractivity contribution in [2.24, 2.45) is 5.92 Å². The van der Waals surface area contributed by atoms with E-state index in [4.69, 9.17) is 0 Å². The molecule has 0 aliphatic carbocycles. The van der Waals surface area contributed by atoms with Crippen LogP contribution in [0.15, 0.2) is 42.5 Å². The second-order valence-electron chi connectivity index (χ2n) is 6.59. The highest BCUT2D eigenvalue weighted by Crippen LogP contribution is 2.32. The van der Waals surface area contributed by atoms with Gasteiger partial charge in [-0.1, -0.05) is 44.2 Å². The molecule has 1 fully saturated rings. The summed E-state index contributed by atoms with van der Waals surface area (Å²) >= 11 is 0. The van der Waals surface area contributed by atoms with Crippen molar-refractivity contribution < 1.29 is 14.0 Å². The smallest absolute Gasteiger partial charge is 0.237 e. The number of rotatable bonds is 5. The largest absolute Gasteiger partial charge is 0.355 e. The van der Waals surface area contributed by atoms with Gasteiger partial charge in [0.25, 0.3) is 0 Å². The third-order valence-corrected chi connectivity index (χ3v) is 4.91. The minimum atomic E-state index is -0.869. The van der Waals surface area contributed by atoms with Crippen molar-refractivity contribution in [1.82, 2.24) is 5.32 Å². The summed E-state index contributed by atoms with van der Waals surface area (Å²) in [5, 5.41) is 5.35. The lowest BCUT2D eigenvalue weighted by Gasteiger charge is -2.19. The van der Waals surface area contributed by atoms with Gasteiger partial charge in [0.15, 0.2) is 0 Å². The zero-order chi connectivity index (χ0) is 18.7. The van der Waals surface area contributed by atoms with Crippen LogP contribution in [0.3, 0.4) is 0 Å². The van der Waals surface area contributed by atoms with E-state index < -0.39 is 17.6 Å². The number of nitrogens with one attached hydrogen (secondary N) is 2. The quantitative estimate of drug-likeness (QED) is 0.809. The maximum atomic E-state index is 13.8. The third-order valence-electron chi connectivity index (χ3n) is 4.91. The normalized spacial score (nSPS) is 19.3. The van der Waals surface area contributed by atoms with Gasteiger partial charge in [0.2, 0.25) is 11.8 Å². The lowest BCUT2D eigenvalue weighted by atomic mass is 9.85. The highest BCUT2D eigenvalue weighted by molar-refractivity contribution is 6.08. The van der Waals surface area contributed by atoms with Crippen LogP contribution in [0.5, 0.6) is 0 Å². The molecule has 2 amide bonds. The third kappa shape index (κ3) is 3.62. The minimum Gasteiger partial charge on any atom is -0.355 e. The van der Waals surface area contributed by atoms with Gasteiger partial charge in [-0.15, -0.1) is 0 Å². The first-order valence-electron chi connectivity index (χ1n) is 8.99. The van der Waals surface area contributed by atoms with Gasteiger partial charge in [-0.05, 0) is 41.7 Å². The van der Waals surface area contributed by atoms with Crippen LogP contribution in [0.1, 0.15) is 36.5 Å². The number of aryl methyl sites for hydroxylation is 2. The predicted molar refractivity (Wildman–Crippen MR) is 99.5 cm³/mol. The van der Waals surface area contributed by atoms with Crippen LogP contribution in [0.25, 0.3) is 0 Å². The molecular formula is C21H23FN2O2. The fourth-order valence-electron chi connectivity index (χ4n) is 3.42. The topological polar surface area (TPSA) is 58.2 Å². The summed E-state index contributed by atoms with van der Waals surface area (Å²) in [6.07, 6.45) is 1.78. The molecule has 4 nitrogen and oxygen atoms in total. The Bertz CT molecular complexity index is 812. The van der Waals surface area contributed by atoms with E-state index in [-0.39, 0.29) is 17.5 Å². The van der Waals surface area contributed by atoms with Crippen molar-refractivity contribution in [3.63, 3.8) is 0 Å². The van der Waals surface area contributed by atoms with Crippen LogP contribution in [0.4, 0.5) is 10.1 Å². The first-order chi connectivity index (χ1) is 12.5. The molecule has 0 saturated carbocycles. The van der Waals surface area contributed by atoms with E-state index >= 15 is 0 Å². The first kappa shape index (κ1) is 18.1. The zero-order valence-electron chi connectivity index (χ0n) is 15.0. The monoisotopic (exact) mass is 354 g/mol. The van der Waals surface area contributed by atoms with Crippen LogP contribution < -0.4 is 10.6 Å². The van der Waals surface area contributed by atoms with Gasteiger partial charge in [0.1, 0.15) is 11.7 Å².